The molecule has 0 aromatic heterocycles. The number of carbonyl (C=O) groups is 4. The van der Waals surface area contributed by atoms with E-state index in [0.717, 1.165) is 11.1 Å². The van der Waals surface area contributed by atoms with Crippen LogP contribution in [0.25, 0.3) is 0 Å². The van der Waals surface area contributed by atoms with E-state index >= 15 is 0 Å². The summed E-state index contributed by atoms with van der Waals surface area (Å²) in [4.78, 5) is 56.4. The van der Waals surface area contributed by atoms with E-state index in [1.54, 1.807) is 77.9 Å². The Balaban J connectivity index is 2.09. The molecule has 0 saturated heterocycles. The Bertz CT molecular complexity index is 1490. The largest absolute Gasteiger partial charge is 0.458 e. The van der Waals surface area contributed by atoms with E-state index in [1.807, 2.05) is 54.6 Å². The molecule has 0 bridgehead atoms. The van der Waals surface area contributed by atoms with Gasteiger partial charge in [0.05, 0.1) is 6.04 Å². The molecule has 3 rings (SSSR count). The van der Waals surface area contributed by atoms with Crippen molar-refractivity contribution in [2.75, 3.05) is 6.61 Å². The van der Waals surface area contributed by atoms with Crippen molar-refractivity contribution < 1.29 is 38.5 Å². The van der Waals surface area contributed by atoms with Gasteiger partial charge in [-0.15, -0.1) is 0 Å². The van der Waals surface area contributed by atoms with Crippen LogP contribution in [-0.2, 0) is 43.4 Å². The van der Waals surface area contributed by atoms with E-state index in [9.17, 15) is 24.3 Å². The SMILES string of the molecule is CC(C)(C)OC(=O)N[C@@H](CCO)[C@@H](C(=O)N[C@@H](Cc1ccccc1)C(=O)OC(C)(C)C)N(Cc1ccccc1)C(=O)OCc1ccccc1. The van der Waals surface area contributed by atoms with E-state index in [1.165, 1.54) is 4.90 Å². The highest BCUT2D eigenvalue weighted by atomic mass is 16.6. The van der Waals surface area contributed by atoms with Gasteiger partial charge in [0.1, 0.15) is 29.9 Å². The van der Waals surface area contributed by atoms with Crippen molar-refractivity contribution in [1.82, 2.24) is 15.5 Å². The Kier molecular flexibility index (Phi) is 14.2. The number of alkyl carbamates (subject to hydrolysis) is 1. The number of esters is 1. The second kappa shape index (κ2) is 18.0. The number of aliphatic hydroxyl groups excluding tert-OH is 1. The van der Waals surface area contributed by atoms with Crippen molar-refractivity contribution in [2.24, 2.45) is 0 Å². The molecule has 3 atom stereocenters. The second-order valence-corrected chi connectivity index (χ2v) is 13.6. The Hall–Kier alpha value is -4.90. The fourth-order valence-corrected chi connectivity index (χ4v) is 4.98. The molecule has 11 nitrogen and oxygen atoms in total. The number of nitrogens with one attached hydrogen (secondary N) is 2. The van der Waals surface area contributed by atoms with Crippen LogP contribution in [0.5, 0.6) is 0 Å². The Labute approximate surface area is 288 Å². The first kappa shape index (κ1) is 38.5. The maximum atomic E-state index is 14.6. The number of hydrogen-bond donors (Lipinski definition) is 3. The third kappa shape index (κ3) is 13.6. The fourth-order valence-electron chi connectivity index (χ4n) is 4.98. The van der Waals surface area contributed by atoms with E-state index < -0.39 is 60.0 Å². The molecular formula is C38H49N3O8. The van der Waals surface area contributed by atoms with Crippen LogP contribution < -0.4 is 10.6 Å². The molecule has 49 heavy (non-hydrogen) atoms. The molecule has 3 aromatic carbocycles. The highest BCUT2D eigenvalue weighted by molar-refractivity contribution is 5.91. The fraction of sp³-hybridized carbons (Fsp3) is 0.421. The maximum absolute atomic E-state index is 14.6. The van der Waals surface area contributed by atoms with Crippen LogP contribution >= 0.6 is 0 Å². The lowest BCUT2D eigenvalue weighted by Crippen LogP contribution is -2.62. The highest BCUT2D eigenvalue weighted by Crippen LogP contribution is 2.19. The summed E-state index contributed by atoms with van der Waals surface area (Å²) in [6.07, 6.45) is -1.74. The number of amides is 3. The molecule has 0 heterocycles. The minimum Gasteiger partial charge on any atom is -0.458 e. The van der Waals surface area contributed by atoms with Crippen LogP contribution in [0.3, 0.4) is 0 Å². The Morgan fingerprint density at radius 3 is 1.73 bits per heavy atom. The molecular weight excluding hydrogens is 626 g/mol. The van der Waals surface area contributed by atoms with Gasteiger partial charge < -0.3 is 30.0 Å². The number of rotatable bonds is 14. The smallest absolute Gasteiger partial charge is 0.411 e. The predicted octanol–water partition coefficient (Wildman–Crippen LogP) is 5.54. The molecule has 3 N–H and O–H groups in total. The van der Waals surface area contributed by atoms with Crippen LogP contribution in [0.1, 0.15) is 64.7 Å². The van der Waals surface area contributed by atoms with E-state index in [4.69, 9.17) is 14.2 Å². The zero-order valence-electron chi connectivity index (χ0n) is 29.2. The topological polar surface area (TPSA) is 143 Å². The van der Waals surface area contributed by atoms with E-state index in [0.29, 0.717) is 5.56 Å². The number of aliphatic hydroxyl groups is 1. The van der Waals surface area contributed by atoms with Crippen LogP contribution in [0.2, 0.25) is 0 Å². The molecule has 0 radical (unpaired) electrons. The summed E-state index contributed by atoms with van der Waals surface area (Å²) < 4.78 is 16.9. The summed E-state index contributed by atoms with van der Waals surface area (Å²) in [6, 6.07) is 23.4. The van der Waals surface area contributed by atoms with Crippen LogP contribution in [0.4, 0.5) is 9.59 Å². The monoisotopic (exact) mass is 675 g/mol. The normalized spacial score (nSPS) is 13.3. The van der Waals surface area contributed by atoms with Crippen molar-refractivity contribution in [2.45, 2.75) is 96.9 Å². The van der Waals surface area contributed by atoms with Gasteiger partial charge in [-0.05, 0) is 64.7 Å². The Morgan fingerprint density at radius 2 is 1.22 bits per heavy atom. The van der Waals surface area contributed by atoms with Gasteiger partial charge in [-0.3, -0.25) is 9.69 Å². The first-order chi connectivity index (χ1) is 23.1. The first-order valence-corrected chi connectivity index (χ1v) is 16.3. The van der Waals surface area contributed by atoms with Crippen molar-refractivity contribution in [1.29, 1.82) is 0 Å². The van der Waals surface area contributed by atoms with Crippen molar-refractivity contribution in [3.8, 4) is 0 Å². The molecule has 0 unspecified atom stereocenters. The molecule has 0 fully saturated rings. The van der Waals surface area contributed by atoms with E-state index in [2.05, 4.69) is 10.6 Å². The number of ether oxygens (including phenoxy) is 3. The van der Waals surface area contributed by atoms with E-state index in [-0.39, 0.29) is 26.0 Å². The van der Waals surface area contributed by atoms with Crippen LogP contribution in [0, 0.1) is 0 Å². The van der Waals surface area contributed by atoms with Gasteiger partial charge in [-0.25, -0.2) is 14.4 Å². The molecule has 264 valence electrons. The lowest BCUT2D eigenvalue weighted by Gasteiger charge is -2.37. The third-order valence-corrected chi connectivity index (χ3v) is 7.05. The van der Waals surface area contributed by atoms with Gasteiger partial charge in [0.15, 0.2) is 0 Å². The number of hydrogen-bond acceptors (Lipinski definition) is 8. The Morgan fingerprint density at radius 1 is 0.714 bits per heavy atom. The molecule has 0 aliphatic carbocycles. The quantitative estimate of drug-likeness (QED) is 0.149. The summed E-state index contributed by atoms with van der Waals surface area (Å²) in [7, 11) is 0. The van der Waals surface area contributed by atoms with Gasteiger partial charge in [-0.1, -0.05) is 91.0 Å². The first-order valence-electron chi connectivity index (χ1n) is 16.3. The lowest BCUT2D eigenvalue weighted by molar-refractivity contribution is -0.159. The summed E-state index contributed by atoms with van der Waals surface area (Å²) in [5.74, 6) is -1.45. The van der Waals surface area contributed by atoms with Crippen LogP contribution in [0.15, 0.2) is 91.0 Å². The third-order valence-electron chi connectivity index (χ3n) is 7.05. The van der Waals surface area contributed by atoms with Crippen LogP contribution in [-0.4, -0.2) is 70.0 Å². The van der Waals surface area contributed by atoms with Crippen molar-refractivity contribution >= 4 is 24.1 Å². The minimum absolute atomic E-state index is 0.0853. The lowest BCUT2D eigenvalue weighted by atomic mass is 9.99. The standard InChI is InChI=1S/C38H49N3O8/c1-37(2,3)48-34(44)31(24-27-16-10-7-11-17-27)39-33(43)32(30(22-23-42)40-35(45)49-38(4,5)6)41(25-28-18-12-8-13-19-28)36(46)47-26-29-20-14-9-15-21-29/h7-21,30-32,42H,22-26H2,1-6H3,(H,39,43)(H,40,45)/t30-,31-,32-/m0/s1. The molecule has 3 amide bonds. The van der Waals surface area contributed by atoms with Gasteiger partial charge in [0.25, 0.3) is 0 Å². The van der Waals surface area contributed by atoms with Crippen molar-refractivity contribution in [3.63, 3.8) is 0 Å². The van der Waals surface area contributed by atoms with Gasteiger partial charge in [0.2, 0.25) is 5.91 Å². The summed E-state index contributed by atoms with van der Waals surface area (Å²) in [5, 5.41) is 15.6. The number of nitrogens with zero attached hydrogens (tertiary/aromatic N) is 1. The summed E-state index contributed by atoms with van der Waals surface area (Å²) in [5.41, 5.74) is 0.432. The second-order valence-electron chi connectivity index (χ2n) is 13.6. The number of carbonyl (C=O) groups excluding carboxylic acids is 4. The molecule has 3 aromatic rings. The highest BCUT2D eigenvalue weighted by Gasteiger charge is 2.41. The van der Waals surface area contributed by atoms with Gasteiger partial charge >= 0.3 is 18.2 Å². The summed E-state index contributed by atoms with van der Waals surface area (Å²) in [6.45, 7) is 9.62. The molecule has 0 aliphatic heterocycles. The average molecular weight is 676 g/mol. The van der Waals surface area contributed by atoms with Gasteiger partial charge in [0, 0.05) is 19.6 Å². The van der Waals surface area contributed by atoms with Gasteiger partial charge in [-0.2, -0.15) is 0 Å². The molecule has 11 heteroatoms. The molecule has 0 aliphatic rings. The predicted molar refractivity (Wildman–Crippen MR) is 185 cm³/mol. The minimum atomic E-state index is -1.47. The summed E-state index contributed by atoms with van der Waals surface area (Å²) >= 11 is 0. The van der Waals surface area contributed by atoms with Crippen molar-refractivity contribution in [3.05, 3.63) is 108 Å². The maximum Gasteiger partial charge on any atom is 0.411 e. The molecule has 0 spiro atoms. The number of benzene rings is 3. The zero-order valence-corrected chi connectivity index (χ0v) is 29.2. The zero-order chi connectivity index (χ0) is 36.0. The molecule has 0 saturated carbocycles. The average Bonchev–Trinajstić information content (AvgIpc) is 3.03.